The molecule has 0 unspecified atom stereocenters. The predicted molar refractivity (Wildman–Crippen MR) is 82.8 cm³/mol. The molecular weight excluding hydrogens is 292 g/mol. The number of benzene rings is 1. The molecule has 0 bridgehead atoms. The molecule has 1 aromatic carbocycles. The van der Waals surface area contributed by atoms with Gasteiger partial charge in [-0.15, -0.1) is 0 Å². The first-order chi connectivity index (χ1) is 10.1. The molecule has 2 rings (SSSR count). The molecule has 0 aliphatic carbocycles. The van der Waals surface area contributed by atoms with Gasteiger partial charge in [0.25, 0.3) is 0 Å². The van der Waals surface area contributed by atoms with Gasteiger partial charge in [-0.1, -0.05) is 11.3 Å². The second-order valence-corrected chi connectivity index (χ2v) is 5.08. The van der Waals surface area contributed by atoms with E-state index in [2.05, 4.69) is 16.0 Å². The van der Waals surface area contributed by atoms with E-state index < -0.39 is 4.92 Å². The molecule has 21 heavy (non-hydrogen) atoms. The van der Waals surface area contributed by atoms with E-state index in [1.165, 1.54) is 0 Å². The second-order valence-electron chi connectivity index (χ2n) is 4.19. The minimum Gasteiger partial charge on any atom is -0.381 e. The number of hydrogen-bond acceptors (Lipinski definition) is 5. The van der Waals surface area contributed by atoms with Crippen LogP contribution in [0.4, 0.5) is 21.2 Å². The highest BCUT2D eigenvalue weighted by molar-refractivity contribution is 7.13. The Bertz CT molecular complexity index is 639. The van der Waals surface area contributed by atoms with Crippen molar-refractivity contribution in [2.24, 2.45) is 0 Å². The van der Waals surface area contributed by atoms with Crippen molar-refractivity contribution in [1.82, 2.24) is 5.32 Å². The van der Waals surface area contributed by atoms with E-state index in [-0.39, 0.29) is 11.0 Å². The fourth-order valence-corrected chi connectivity index (χ4v) is 2.35. The van der Waals surface area contributed by atoms with Gasteiger partial charge in [-0.3, -0.25) is 10.1 Å². The van der Waals surface area contributed by atoms with Crippen molar-refractivity contribution in [3.8, 4) is 0 Å². The summed E-state index contributed by atoms with van der Waals surface area (Å²) in [5.41, 5.74) is 2.41. The number of carbonyl (C=O) groups is 1. The van der Waals surface area contributed by atoms with Crippen LogP contribution < -0.4 is 16.0 Å². The summed E-state index contributed by atoms with van der Waals surface area (Å²) < 4.78 is 0. The normalized spacial score (nSPS) is 9.95. The van der Waals surface area contributed by atoms with Crippen LogP contribution in [-0.2, 0) is 6.54 Å². The lowest BCUT2D eigenvalue weighted by Crippen LogP contribution is -2.24. The highest BCUT2D eigenvalue weighted by atomic mass is 32.1. The molecule has 2 aromatic rings. The number of amides is 2. The number of carbonyl (C=O) groups excluding carboxylic acids is 1. The van der Waals surface area contributed by atoms with E-state index in [1.54, 1.807) is 30.6 Å². The molecule has 3 N–H and O–H groups in total. The zero-order valence-electron chi connectivity index (χ0n) is 11.3. The lowest BCUT2D eigenvalue weighted by Gasteiger charge is -2.07. The number of hydrogen-bond donors (Lipinski definition) is 3. The van der Waals surface area contributed by atoms with E-state index >= 15 is 0 Å². The monoisotopic (exact) mass is 306 g/mol. The summed E-state index contributed by atoms with van der Waals surface area (Å²) in [7, 11) is 1.55. The molecule has 0 atom stereocenters. The number of nitro groups is 1. The third-order valence-electron chi connectivity index (χ3n) is 2.69. The van der Waals surface area contributed by atoms with Crippen molar-refractivity contribution < 1.29 is 9.72 Å². The first-order valence-corrected chi connectivity index (χ1v) is 7.01. The molecule has 0 fully saturated rings. The molecule has 110 valence electrons. The van der Waals surface area contributed by atoms with Crippen LogP contribution in [0, 0.1) is 10.1 Å². The Morgan fingerprint density at radius 2 is 1.95 bits per heavy atom. The van der Waals surface area contributed by atoms with Crippen molar-refractivity contribution in [2.75, 3.05) is 17.7 Å². The Kier molecular flexibility index (Phi) is 4.72. The number of anilines is 2. The molecule has 8 heteroatoms. The van der Waals surface area contributed by atoms with Crippen LogP contribution in [0.2, 0.25) is 0 Å². The molecule has 1 heterocycles. The molecule has 0 radical (unpaired) electrons. The molecule has 0 spiro atoms. The molecule has 0 aliphatic rings. The molecular formula is C13H14N4O3S. The Hall–Kier alpha value is -2.61. The average molecular weight is 306 g/mol. The van der Waals surface area contributed by atoms with Crippen molar-refractivity contribution in [2.45, 2.75) is 6.54 Å². The Morgan fingerprint density at radius 1 is 1.29 bits per heavy atom. The first kappa shape index (κ1) is 14.8. The van der Waals surface area contributed by atoms with Crippen LogP contribution in [0.5, 0.6) is 0 Å². The number of thiophene rings is 1. The van der Waals surface area contributed by atoms with Crippen LogP contribution in [-0.4, -0.2) is 18.0 Å². The predicted octanol–water partition coefficient (Wildman–Crippen LogP) is 3.02. The van der Waals surface area contributed by atoms with Crippen molar-refractivity contribution in [1.29, 1.82) is 0 Å². The van der Waals surface area contributed by atoms with Gasteiger partial charge in [-0.25, -0.2) is 4.79 Å². The van der Waals surface area contributed by atoms with Gasteiger partial charge in [0.05, 0.1) is 4.92 Å². The largest absolute Gasteiger partial charge is 0.381 e. The minimum absolute atomic E-state index is 0.136. The molecule has 0 saturated heterocycles. The van der Waals surface area contributed by atoms with Gasteiger partial charge < -0.3 is 16.0 Å². The summed E-state index contributed by atoms with van der Waals surface area (Å²) in [6, 6.07) is 8.47. The van der Waals surface area contributed by atoms with Gasteiger partial charge in [0.2, 0.25) is 0 Å². The lowest BCUT2D eigenvalue weighted by molar-refractivity contribution is -0.380. The van der Waals surface area contributed by atoms with Gasteiger partial charge in [-0.2, -0.15) is 0 Å². The summed E-state index contributed by atoms with van der Waals surface area (Å²) in [5.74, 6) is 0. The minimum atomic E-state index is -0.395. The van der Waals surface area contributed by atoms with Crippen molar-refractivity contribution >= 4 is 33.7 Å². The van der Waals surface area contributed by atoms with Gasteiger partial charge >= 0.3 is 11.0 Å². The van der Waals surface area contributed by atoms with E-state index in [0.29, 0.717) is 12.2 Å². The highest BCUT2D eigenvalue weighted by Gasteiger charge is 2.09. The molecule has 2 amide bonds. The van der Waals surface area contributed by atoms with Crippen molar-refractivity contribution in [3.63, 3.8) is 0 Å². The third-order valence-corrected chi connectivity index (χ3v) is 3.62. The van der Waals surface area contributed by atoms with Crippen LogP contribution in [0.3, 0.4) is 0 Å². The maximum Gasteiger partial charge on any atom is 0.324 e. The van der Waals surface area contributed by atoms with Gasteiger partial charge in [0.1, 0.15) is 0 Å². The highest BCUT2D eigenvalue weighted by Crippen LogP contribution is 2.23. The average Bonchev–Trinajstić information content (AvgIpc) is 2.95. The van der Waals surface area contributed by atoms with Crippen LogP contribution >= 0.6 is 11.3 Å². The summed E-state index contributed by atoms with van der Waals surface area (Å²) in [4.78, 5) is 21.3. The van der Waals surface area contributed by atoms with Crippen LogP contribution in [0.1, 0.15) is 5.56 Å². The molecule has 0 saturated carbocycles. The standard InChI is InChI=1S/C13H14N4O3S/c1-14-13(18)16-11-4-2-10(3-5-11)15-7-9-6-12(17(19)20)21-8-9/h2-6,8,15H,7H2,1H3,(H2,14,16,18). The summed E-state index contributed by atoms with van der Waals surface area (Å²) in [6.45, 7) is 0.507. The molecule has 7 nitrogen and oxygen atoms in total. The fraction of sp³-hybridized carbons (Fsp3) is 0.154. The van der Waals surface area contributed by atoms with E-state index in [0.717, 1.165) is 22.6 Å². The number of urea groups is 1. The fourth-order valence-electron chi connectivity index (χ4n) is 1.62. The van der Waals surface area contributed by atoms with Crippen LogP contribution in [0.25, 0.3) is 0 Å². The Morgan fingerprint density at radius 3 is 2.52 bits per heavy atom. The Balaban J connectivity index is 1.91. The zero-order chi connectivity index (χ0) is 15.2. The number of nitrogens with one attached hydrogen (secondary N) is 3. The van der Waals surface area contributed by atoms with E-state index in [9.17, 15) is 14.9 Å². The third kappa shape index (κ3) is 4.18. The smallest absolute Gasteiger partial charge is 0.324 e. The quantitative estimate of drug-likeness (QED) is 0.584. The Labute approximate surface area is 125 Å². The van der Waals surface area contributed by atoms with E-state index in [1.807, 2.05) is 12.1 Å². The lowest BCUT2D eigenvalue weighted by atomic mass is 10.2. The second kappa shape index (κ2) is 6.71. The zero-order valence-corrected chi connectivity index (χ0v) is 12.1. The maximum atomic E-state index is 11.1. The molecule has 1 aromatic heterocycles. The van der Waals surface area contributed by atoms with Gasteiger partial charge in [-0.05, 0) is 29.8 Å². The number of nitrogens with zero attached hydrogens (tertiary/aromatic N) is 1. The van der Waals surface area contributed by atoms with Crippen LogP contribution in [0.15, 0.2) is 35.7 Å². The van der Waals surface area contributed by atoms with Gasteiger partial charge in [0, 0.05) is 36.4 Å². The number of rotatable bonds is 5. The van der Waals surface area contributed by atoms with E-state index in [4.69, 9.17) is 0 Å². The topological polar surface area (TPSA) is 96.3 Å². The summed E-state index contributed by atoms with van der Waals surface area (Å²) in [6.07, 6.45) is 0. The summed E-state index contributed by atoms with van der Waals surface area (Å²) >= 11 is 1.11. The molecule has 0 aliphatic heterocycles. The SMILES string of the molecule is CNC(=O)Nc1ccc(NCc2csc([N+](=O)[O-])c2)cc1. The van der Waals surface area contributed by atoms with Crippen molar-refractivity contribution in [3.05, 3.63) is 51.4 Å². The maximum absolute atomic E-state index is 11.1. The first-order valence-electron chi connectivity index (χ1n) is 6.13. The summed E-state index contributed by atoms with van der Waals surface area (Å²) in [5, 5.41) is 20.8. The van der Waals surface area contributed by atoms with Gasteiger partial charge in [0.15, 0.2) is 0 Å².